The second-order valence-electron chi connectivity index (χ2n) is 8.59. The molecule has 2 aromatic carbocycles. The highest BCUT2D eigenvalue weighted by Crippen LogP contribution is 2.37. The summed E-state index contributed by atoms with van der Waals surface area (Å²) in [5, 5.41) is 21.2. The van der Waals surface area contributed by atoms with Crippen LogP contribution < -0.4 is 19.5 Å². The summed E-state index contributed by atoms with van der Waals surface area (Å²) in [4.78, 5) is 22.4. The van der Waals surface area contributed by atoms with Crippen LogP contribution in [0.5, 0.6) is 11.5 Å². The number of H-pyrrole nitrogens is 1. The summed E-state index contributed by atoms with van der Waals surface area (Å²) in [6.07, 6.45) is 0.789. The van der Waals surface area contributed by atoms with E-state index in [1.165, 1.54) is 30.3 Å². The lowest BCUT2D eigenvalue weighted by molar-refractivity contribution is -0.384. The van der Waals surface area contributed by atoms with E-state index in [0.29, 0.717) is 24.3 Å². The molecule has 14 heteroatoms. The summed E-state index contributed by atoms with van der Waals surface area (Å²) in [7, 11) is -3.61. The standard InChI is InChI=1S/C23H23N5O8S/c29-23(35-17-6-3-16(4-7-17)28(30)31)36-18-5-1-14(11-18)19-13-22(27-26-19)25-15-2-8-21-20(12-15)34-10-9-24-37(21,32)33/h2-4,6-8,12-14,18,24H,1,5,9-11H2,(H2,25,26,27)/t14-,18+/m0/s1. The van der Waals surface area contributed by atoms with Crippen LogP contribution in [0.1, 0.15) is 30.9 Å². The number of hydrogen-bond donors (Lipinski definition) is 3. The van der Waals surface area contributed by atoms with Crippen LogP contribution in [0.3, 0.4) is 0 Å². The summed E-state index contributed by atoms with van der Waals surface area (Å²) in [5.41, 5.74) is 1.39. The third-order valence-electron chi connectivity index (χ3n) is 6.09. The van der Waals surface area contributed by atoms with Gasteiger partial charge in [-0.25, -0.2) is 17.9 Å². The Bertz CT molecular complexity index is 1420. The number of sulfonamides is 1. The van der Waals surface area contributed by atoms with Gasteiger partial charge in [0.2, 0.25) is 10.0 Å². The van der Waals surface area contributed by atoms with E-state index in [0.717, 1.165) is 12.1 Å². The van der Waals surface area contributed by atoms with E-state index in [4.69, 9.17) is 14.2 Å². The van der Waals surface area contributed by atoms with Crippen LogP contribution in [-0.4, -0.2) is 48.9 Å². The van der Waals surface area contributed by atoms with Gasteiger partial charge >= 0.3 is 6.16 Å². The number of benzene rings is 2. The van der Waals surface area contributed by atoms with Crippen molar-refractivity contribution >= 4 is 33.4 Å². The molecule has 0 unspecified atom stereocenters. The van der Waals surface area contributed by atoms with Gasteiger partial charge < -0.3 is 19.5 Å². The van der Waals surface area contributed by atoms with Crippen LogP contribution in [0.15, 0.2) is 53.4 Å². The van der Waals surface area contributed by atoms with Gasteiger partial charge in [-0.2, -0.15) is 5.10 Å². The second-order valence-corrected chi connectivity index (χ2v) is 10.3. The number of carbonyl (C=O) groups excluding carboxylic acids is 1. The number of hydrogen-bond acceptors (Lipinski definition) is 10. The number of nitrogens with zero attached hydrogens (tertiary/aromatic N) is 2. The number of ether oxygens (including phenoxy) is 3. The Balaban J connectivity index is 1.16. The number of nitro groups is 1. The summed E-state index contributed by atoms with van der Waals surface area (Å²) in [6.45, 7) is 0.429. The molecule has 0 bridgehead atoms. The zero-order chi connectivity index (χ0) is 26.0. The maximum absolute atomic E-state index is 12.2. The van der Waals surface area contributed by atoms with Gasteiger partial charge in [-0.3, -0.25) is 15.2 Å². The molecule has 0 saturated heterocycles. The first-order valence-electron chi connectivity index (χ1n) is 11.5. The van der Waals surface area contributed by atoms with Crippen molar-refractivity contribution in [2.75, 3.05) is 18.5 Å². The average Bonchev–Trinajstić information content (AvgIpc) is 3.48. The molecule has 0 amide bonds. The molecule has 3 aromatic rings. The van der Waals surface area contributed by atoms with E-state index in [2.05, 4.69) is 20.2 Å². The summed E-state index contributed by atoms with van der Waals surface area (Å²) >= 11 is 0. The molecule has 37 heavy (non-hydrogen) atoms. The molecule has 1 aliphatic carbocycles. The predicted octanol–water partition coefficient (Wildman–Crippen LogP) is 3.58. The lowest BCUT2D eigenvalue weighted by atomic mass is 10.0. The number of carbonyl (C=O) groups is 1. The fourth-order valence-corrected chi connectivity index (χ4v) is 5.45. The van der Waals surface area contributed by atoms with Gasteiger partial charge in [-0.15, -0.1) is 0 Å². The van der Waals surface area contributed by atoms with Crippen molar-refractivity contribution < 1.29 is 32.3 Å². The minimum atomic E-state index is -3.61. The van der Waals surface area contributed by atoms with Gasteiger partial charge in [0.05, 0.1) is 4.92 Å². The van der Waals surface area contributed by atoms with Gasteiger partial charge in [-0.05, 0) is 43.5 Å². The number of aromatic amines is 1. The molecule has 2 atom stereocenters. The lowest BCUT2D eigenvalue weighted by Crippen LogP contribution is -2.24. The van der Waals surface area contributed by atoms with Gasteiger partial charge in [0, 0.05) is 48.1 Å². The number of anilines is 2. The highest BCUT2D eigenvalue weighted by Gasteiger charge is 2.30. The van der Waals surface area contributed by atoms with Gasteiger partial charge in [0.15, 0.2) is 5.82 Å². The van der Waals surface area contributed by atoms with Gasteiger partial charge in [-0.1, -0.05) is 0 Å². The number of non-ortho nitro benzene ring substituents is 1. The van der Waals surface area contributed by atoms with E-state index in [-0.39, 0.29) is 47.3 Å². The van der Waals surface area contributed by atoms with Crippen molar-refractivity contribution in [2.45, 2.75) is 36.2 Å². The fraction of sp³-hybridized carbons (Fsp3) is 0.304. The number of nitrogens with one attached hydrogen (secondary N) is 3. The van der Waals surface area contributed by atoms with Crippen LogP contribution in [0.2, 0.25) is 0 Å². The quantitative estimate of drug-likeness (QED) is 0.185. The topological polar surface area (TPSA) is 175 Å². The first kappa shape index (κ1) is 24.5. The maximum atomic E-state index is 12.2. The zero-order valence-corrected chi connectivity index (χ0v) is 20.2. The Morgan fingerprint density at radius 1 is 1.16 bits per heavy atom. The SMILES string of the molecule is O=C(Oc1ccc([N+](=O)[O-])cc1)O[C@@H]1CC[C@H](c2cc(Nc3ccc4c(c3)OCCNS4(=O)=O)n[nH]2)C1. The van der Waals surface area contributed by atoms with Crippen molar-refractivity contribution in [1.29, 1.82) is 0 Å². The summed E-state index contributed by atoms with van der Waals surface area (Å²) in [6, 6.07) is 11.7. The van der Waals surface area contributed by atoms with E-state index < -0.39 is 21.1 Å². The lowest BCUT2D eigenvalue weighted by Gasteiger charge is -2.12. The molecule has 1 aromatic heterocycles. The molecule has 2 heterocycles. The number of fused-ring (bicyclic) bond motifs is 1. The molecule has 5 rings (SSSR count). The minimum Gasteiger partial charge on any atom is -0.491 e. The van der Waals surface area contributed by atoms with Crippen molar-refractivity contribution in [3.63, 3.8) is 0 Å². The maximum Gasteiger partial charge on any atom is 0.514 e. The predicted molar refractivity (Wildman–Crippen MR) is 130 cm³/mol. The molecule has 2 aliphatic rings. The van der Waals surface area contributed by atoms with Crippen molar-refractivity contribution in [3.05, 3.63) is 64.3 Å². The van der Waals surface area contributed by atoms with Gasteiger partial charge in [0.25, 0.3) is 5.69 Å². The zero-order valence-electron chi connectivity index (χ0n) is 19.4. The molecular formula is C23H23N5O8S. The molecule has 0 radical (unpaired) electrons. The van der Waals surface area contributed by atoms with Crippen LogP contribution >= 0.6 is 0 Å². The highest BCUT2D eigenvalue weighted by molar-refractivity contribution is 7.89. The Morgan fingerprint density at radius 2 is 1.97 bits per heavy atom. The molecule has 0 spiro atoms. The van der Waals surface area contributed by atoms with E-state index in [9.17, 15) is 23.3 Å². The Labute approximate surface area is 211 Å². The number of nitro benzene ring substituents is 1. The van der Waals surface area contributed by atoms with Crippen molar-refractivity contribution in [3.8, 4) is 11.5 Å². The minimum absolute atomic E-state index is 0.0855. The van der Waals surface area contributed by atoms with Crippen molar-refractivity contribution in [2.24, 2.45) is 0 Å². The molecular weight excluding hydrogens is 506 g/mol. The molecule has 3 N–H and O–H groups in total. The second kappa shape index (κ2) is 10.1. The summed E-state index contributed by atoms with van der Waals surface area (Å²) in [5.74, 6) is 1.06. The molecule has 1 fully saturated rings. The van der Waals surface area contributed by atoms with Crippen LogP contribution in [0.4, 0.5) is 22.0 Å². The monoisotopic (exact) mass is 529 g/mol. The molecule has 1 aliphatic heterocycles. The van der Waals surface area contributed by atoms with Crippen LogP contribution in [0, 0.1) is 10.1 Å². The normalized spacial score (nSPS) is 20.2. The van der Waals surface area contributed by atoms with E-state index in [1.807, 2.05) is 6.07 Å². The molecule has 13 nitrogen and oxygen atoms in total. The Kier molecular flexibility index (Phi) is 6.67. The van der Waals surface area contributed by atoms with Crippen molar-refractivity contribution in [1.82, 2.24) is 14.9 Å². The summed E-state index contributed by atoms with van der Waals surface area (Å²) < 4.78 is 43.0. The molecule has 1 saturated carbocycles. The first-order valence-corrected chi connectivity index (χ1v) is 13.0. The smallest absolute Gasteiger partial charge is 0.491 e. The number of rotatable bonds is 6. The van der Waals surface area contributed by atoms with Gasteiger partial charge in [0.1, 0.15) is 29.1 Å². The van der Waals surface area contributed by atoms with Crippen LogP contribution in [-0.2, 0) is 14.8 Å². The highest BCUT2D eigenvalue weighted by atomic mass is 32.2. The Hall–Kier alpha value is -4.17. The van der Waals surface area contributed by atoms with E-state index >= 15 is 0 Å². The fourth-order valence-electron chi connectivity index (χ4n) is 4.31. The molecule has 194 valence electrons. The largest absolute Gasteiger partial charge is 0.514 e. The first-order chi connectivity index (χ1) is 17.8. The van der Waals surface area contributed by atoms with Crippen LogP contribution in [0.25, 0.3) is 0 Å². The third-order valence-corrected chi connectivity index (χ3v) is 7.59. The van der Waals surface area contributed by atoms with E-state index in [1.54, 1.807) is 12.1 Å². The third kappa shape index (κ3) is 5.65. The Morgan fingerprint density at radius 3 is 2.76 bits per heavy atom. The number of aromatic nitrogens is 2. The average molecular weight is 530 g/mol.